The smallest absolute Gasteiger partial charge is 0.410 e. The zero-order chi connectivity index (χ0) is 16.2. The van der Waals surface area contributed by atoms with Gasteiger partial charge in [-0.2, -0.15) is 0 Å². The number of piperidine rings is 1. The van der Waals surface area contributed by atoms with Crippen LogP contribution in [-0.2, 0) is 4.74 Å². The van der Waals surface area contributed by atoms with Gasteiger partial charge in [-0.25, -0.2) is 9.78 Å². The number of aromatic nitrogens is 1. The van der Waals surface area contributed by atoms with E-state index in [0.717, 1.165) is 12.8 Å². The van der Waals surface area contributed by atoms with Crippen molar-refractivity contribution in [2.24, 2.45) is 5.92 Å². The zero-order valence-electron chi connectivity index (χ0n) is 13.5. The van der Waals surface area contributed by atoms with Crippen molar-refractivity contribution < 1.29 is 14.3 Å². The van der Waals surface area contributed by atoms with Crippen LogP contribution in [0.3, 0.4) is 0 Å². The van der Waals surface area contributed by atoms with E-state index in [-0.39, 0.29) is 6.09 Å². The van der Waals surface area contributed by atoms with Gasteiger partial charge in [0.1, 0.15) is 5.60 Å². The van der Waals surface area contributed by atoms with Crippen molar-refractivity contribution in [1.29, 1.82) is 0 Å². The molecule has 1 fully saturated rings. The van der Waals surface area contributed by atoms with E-state index < -0.39 is 5.60 Å². The van der Waals surface area contributed by atoms with Gasteiger partial charge in [-0.3, -0.25) is 0 Å². The minimum absolute atomic E-state index is 0.233. The molecule has 2 N–H and O–H groups in total. The van der Waals surface area contributed by atoms with Gasteiger partial charge in [-0.1, -0.05) is 0 Å². The number of pyridine rings is 1. The highest BCUT2D eigenvalue weighted by molar-refractivity contribution is 5.68. The highest BCUT2D eigenvalue weighted by Gasteiger charge is 2.27. The van der Waals surface area contributed by atoms with E-state index in [0.29, 0.717) is 37.2 Å². The first-order valence-corrected chi connectivity index (χ1v) is 7.66. The van der Waals surface area contributed by atoms with E-state index >= 15 is 0 Å². The molecule has 0 unspecified atom stereocenters. The molecule has 6 nitrogen and oxygen atoms in total. The maximum Gasteiger partial charge on any atom is 0.410 e. The predicted octanol–water partition coefficient (Wildman–Crippen LogP) is 2.69. The van der Waals surface area contributed by atoms with Crippen molar-refractivity contribution in [2.45, 2.75) is 39.2 Å². The monoisotopic (exact) mass is 307 g/mol. The van der Waals surface area contributed by atoms with Gasteiger partial charge in [0.2, 0.25) is 0 Å². The Labute approximate surface area is 131 Å². The molecule has 0 atom stereocenters. The van der Waals surface area contributed by atoms with Crippen molar-refractivity contribution in [3.63, 3.8) is 0 Å². The fourth-order valence-electron chi connectivity index (χ4n) is 2.34. The fourth-order valence-corrected chi connectivity index (χ4v) is 2.34. The summed E-state index contributed by atoms with van der Waals surface area (Å²) in [6, 6.07) is 3.62. The van der Waals surface area contributed by atoms with Crippen LogP contribution < -0.4 is 10.5 Å². The largest absolute Gasteiger partial charge is 0.489 e. The average molecular weight is 307 g/mol. The fraction of sp³-hybridized carbons (Fsp3) is 0.625. The Morgan fingerprint density at radius 3 is 2.68 bits per heavy atom. The van der Waals surface area contributed by atoms with E-state index in [9.17, 15) is 4.79 Å². The lowest BCUT2D eigenvalue weighted by Crippen LogP contribution is -2.42. The van der Waals surface area contributed by atoms with Gasteiger partial charge in [0.05, 0.1) is 6.61 Å². The van der Waals surface area contributed by atoms with Gasteiger partial charge in [-0.05, 0) is 51.7 Å². The van der Waals surface area contributed by atoms with Crippen LogP contribution in [0, 0.1) is 5.92 Å². The third-order valence-corrected chi connectivity index (χ3v) is 3.54. The average Bonchev–Trinajstić information content (AvgIpc) is 2.45. The summed E-state index contributed by atoms with van der Waals surface area (Å²) < 4.78 is 11.1. The van der Waals surface area contributed by atoms with Crippen molar-refractivity contribution in [3.8, 4) is 5.75 Å². The maximum atomic E-state index is 12.0. The number of hydrogen-bond acceptors (Lipinski definition) is 5. The topological polar surface area (TPSA) is 77.7 Å². The van der Waals surface area contributed by atoms with Crippen LogP contribution in [0.25, 0.3) is 0 Å². The number of ether oxygens (including phenoxy) is 2. The highest BCUT2D eigenvalue weighted by atomic mass is 16.6. The lowest BCUT2D eigenvalue weighted by atomic mass is 9.98. The van der Waals surface area contributed by atoms with Crippen LogP contribution in [0.1, 0.15) is 33.6 Å². The molecule has 1 aliphatic rings. The first kappa shape index (κ1) is 16.4. The van der Waals surface area contributed by atoms with Crippen LogP contribution in [-0.4, -0.2) is 41.3 Å². The summed E-state index contributed by atoms with van der Waals surface area (Å²) in [6.07, 6.45) is 3.21. The van der Waals surface area contributed by atoms with Gasteiger partial charge in [0.15, 0.2) is 11.6 Å². The number of likely N-dealkylation sites (tertiary alicyclic amines) is 1. The lowest BCUT2D eigenvalue weighted by molar-refractivity contribution is 0.0165. The third-order valence-electron chi connectivity index (χ3n) is 3.54. The molecule has 0 radical (unpaired) electrons. The molecular formula is C16H25N3O3. The number of nitrogen functional groups attached to an aromatic ring is 1. The Kier molecular flexibility index (Phi) is 5.11. The normalized spacial score (nSPS) is 16.4. The van der Waals surface area contributed by atoms with Gasteiger partial charge in [0, 0.05) is 19.3 Å². The molecule has 122 valence electrons. The number of nitrogens with two attached hydrogens (primary N) is 1. The molecule has 22 heavy (non-hydrogen) atoms. The first-order chi connectivity index (χ1) is 10.3. The summed E-state index contributed by atoms with van der Waals surface area (Å²) in [4.78, 5) is 17.8. The number of anilines is 1. The van der Waals surface area contributed by atoms with Crippen LogP contribution in [0.2, 0.25) is 0 Å². The Bertz CT molecular complexity index is 506. The maximum absolute atomic E-state index is 12.0. The van der Waals surface area contributed by atoms with Crippen molar-refractivity contribution in [3.05, 3.63) is 18.3 Å². The van der Waals surface area contributed by atoms with E-state index in [1.165, 1.54) is 0 Å². The molecule has 0 saturated carbocycles. The quantitative estimate of drug-likeness (QED) is 0.929. The summed E-state index contributed by atoms with van der Waals surface area (Å²) in [5.74, 6) is 1.45. The summed E-state index contributed by atoms with van der Waals surface area (Å²) in [5, 5.41) is 0. The molecule has 0 spiro atoms. The zero-order valence-corrected chi connectivity index (χ0v) is 13.5. The molecule has 1 aromatic rings. The van der Waals surface area contributed by atoms with E-state index in [2.05, 4.69) is 4.98 Å². The number of hydrogen-bond donors (Lipinski definition) is 1. The van der Waals surface area contributed by atoms with Crippen molar-refractivity contribution >= 4 is 11.9 Å². The van der Waals surface area contributed by atoms with Gasteiger partial charge < -0.3 is 20.1 Å². The Morgan fingerprint density at radius 2 is 2.09 bits per heavy atom. The van der Waals surface area contributed by atoms with Crippen LogP contribution >= 0.6 is 0 Å². The highest BCUT2D eigenvalue weighted by Crippen LogP contribution is 2.23. The Hall–Kier alpha value is -1.98. The molecular weight excluding hydrogens is 282 g/mol. The second-order valence-electron chi connectivity index (χ2n) is 6.61. The number of carbonyl (C=O) groups is 1. The standard InChI is InChI=1S/C16H25N3O3/c1-16(2,3)22-15(20)19-9-6-12(7-10-19)11-21-13-5-4-8-18-14(13)17/h4-5,8,12H,6-7,9-11H2,1-3H3,(H2,17,18). The molecule has 0 bridgehead atoms. The lowest BCUT2D eigenvalue weighted by Gasteiger charge is -2.33. The second-order valence-corrected chi connectivity index (χ2v) is 6.61. The molecule has 1 aromatic heterocycles. The van der Waals surface area contributed by atoms with Crippen molar-refractivity contribution in [1.82, 2.24) is 9.88 Å². The summed E-state index contributed by atoms with van der Waals surface area (Å²) in [7, 11) is 0. The molecule has 6 heteroatoms. The van der Waals surface area contributed by atoms with Crippen molar-refractivity contribution in [2.75, 3.05) is 25.4 Å². The minimum Gasteiger partial charge on any atom is -0.489 e. The van der Waals surface area contributed by atoms with E-state index in [4.69, 9.17) is 15.2 Å². The van der Waals surface area contributed by atoms with E-state index in [1.54, 1.807) is 17.2 Å². The summed E-state index contributed by atoms with van der Waals surface area (Å²) in [5.41, 5.74) is 5.30. The van der Waals surface area contributed by atoms with Crippen LogP contribution in [0.4, 0.5) is 10.6 Å². The van der Waals surface area contributed by atoms with Gasteiger partial charge in [-0.15, -0.1) is 0 Å². The summed E-state index contributed by atoms with van der Waals surface area (Å²) >= 11 is 0. The van der Waals surface area contributed by atoms with E-state index in [1.807, 2.05) is 26.8 Å². The number of carbonyl (C=O) groups excluding carboxylic acids is 1. The Morgan fingerprint density at radius 1 is 1.41 bits per heavy atom. The molecule has 0 aromatic carbocycles. The number of amides is 1. The molecule has 1 amide bonds. The Balaban J connectivity index is 1.76. The predicted molar refractivity (Wildman–Crippen MR) is 84.7 cm³/mol. The van der Waals surface area contributed by atoms with Gasteiger partial charge in [0.25, 0.3) is 0 Å². The molecule has 2 heterocycles. The van der Waals surface area contributed by atoms with Crippen LogP contribution in [0.15, 0.2) is 18.3 Å². The minimum atomic E-state index is -0.450. The third kappa shape index (κ3) is 4.79. The number of nitrogens with zero attached hydrogens (tertiary/aromatic N) is 2. The SMILES string of the molecule is CC(C)(C)OC(=O)N1CCC(COc2cccnc2N)CC1. The second kappa shape index (κ2) is 6.85. The molecule has 1 aliphatic heterocycles. The molecule has 2 rings (SSSR count). The number of rotatable bonds is 3. The first-order valence-electron chi connectivity index (χ1n) is 7.66. The molecule has 1 saturated heterocycles. The van der Waals surface area contributed by atoms with Crippen LogP contribution in [0.5, 0.6) is 5.75 Å². The van der Waals surface area contributed by atoms with Gasteiger partial charge >= 0.3 is 6.09 Å². The molecule has 0 aliphatic carbocycles. The summed E-state index contributed by atoms with van der Waals surface area (Å²) in [6.45, 7) is 7.63.